The summed E-state index contributed by atoms with van der Waals surface area (Å²) >= 11 is 5.03. The lowest BCUT2D eigenvalue weighted by molar-refractivity contribution is 0.247. The maximum atomic E-state index is 9.39. The highest BCUT2D eigenvalue weighted by molar-refractivity contribution is 9.10. The molecule has 0 unspecified atom stereocenters. The van der Waals surface area contributed by atoms with E-state index < -0.39 is 0 Å². The molecule has 1 aliphatic rings. The number of thioether (sulfide) groups is 1. The van der Waals surface area contributed by atoms with Crippen LogP contribution in [-0.4, -0.2) is 35.4 Å². The second kappa shape index (κ2) is 7.88. The van der Waals surface area contributed by atoms with Gasteiger partial charge in [0.15, 0.2) is 0 Å². The van der Waals surface area contributed by atoms with Crippen molar-refractivity contribution in [2.24, 2.45) is 5.10 Å². The summed E-state index contributed by atoms with van der Waals surface area (Å²) in [7, 11) is 1.65. The Labute approximate surface area is 154 Å². The monoisotopic (exact) mass is 404 g/mol. The van der Waals surface area contributed by atoms with E-state index in [0.717, 1.165) is 32.1 Å². The number of rotatable bonds is 5. The summed E-state index contributed by atoms with van der Waals surface area (Å²) in [6, 6.07) is 15.9. The van der Waals surface area contributed by atoms with E-state index >= 15 is 0 Å². The lowest BCUT2D eigenvalue weighted by Crippen LogP contribution is -2.23. The van der Waals surface area contributed by atoms with Crippen LogP contribution in [0.4, 0.5) is 0 Å². The standard InChI is InChI=1S/C18H17BrN2O2S/c1-23-16-8-4-13(5-9-16)17-12-24-18(20-21(17)10-11-22)14-2-6-15(19)7-3-14/h2-9,12,22H,10-11H2,1H3. The molecule has 124 valence electrons. The third kappa shape index (κ3) is 3.83. The minimum atomic E-state index is 0.0370. The number of hydrogen-bond donors (Lipinski definition) is 1. The van der Waals surface area contributed by atoms with E-state index in [1.807, 2.05) is 53.5 Å². The summed E-state index contributed by atoms with van der Waals surface area (Å²) in [5, 5.41) is 18.9. The number of halogens is 1. The fourth-order valence-electron chi connectivity index (χ4n) is 2.32. The molecule has 0 aliphatic carbocycles. The highest BCUT2D eigenvalue weighted by Gasteiger charge is 2.18. The fourth-order valence-corrected chi connectivity index (χ4v) is 3.49. The molecule has 1 heterocycles. The molecule has 4 nitrogen and oxygen atoms in total. The van der Waals surface area contributed by atoms with Crippen molar-refractivity contribution in [2.45, 2.75) is 0 Å². The van der Waals surface area contributed by atoms with Gasteiger partial charge >= 0.3 is 0 Å². The average molecular weight is 405 g/mol. The average Bonchev–Trinajstić information content (AvgIpc) is 2.63. The fraction of sp³-hybridized carbons (Fsp3) is 0.167. The minimum absolute atomic E-state index is 0.0370. The van der Waals surface area contributed by atoms with Crippen molar-refractivity contribution in [3.8, 4) is 5.75 Å². The molecule has 0 saturated heterocycles. The number of methoxy groups -OCH3 is 1. The first-order valence-electron chi connectivity index (χ1n) is 7.45. The zero-order valence-corrected chi connectivity index (χ0v) is 15.5. The van der Waals surface area contributed by atoms with Crippen molar-refractivity contribution in [3.63, 3.8) is 0 Å². The summed E-state index contributed by atoms with van der Waals surface area (Å²) in [6.45, 7) is 0.480. The number of hydrogen-bond acceptors (Lipinski definition) is 5. The van der Waals surface area contributed by atoms with Crippen LogP contribution in [0.5, 0.6) is 5.75 Å². The molecule has 6 heteroatoms. The Morgan fingerprint density at radius 3 is 2.38 bits per heavy atom. The van der Waals surface area contributed by atoms with Crippen LogP contribution in [0.15, 0.2) is 63.5 Å². The van der Waals surface area contributed by atoms with E-state index in [1.54, 1.807) is 18.9 Å². The molecule has 1 N–H and O–H groups in total. The molecule has 1 aliphatic heterocycles. The zero-order chi connectivity index (χ0) is 16.9. The maximum absolute atomic E-state index is 9.39. The van der Waals surface area contributed by atoms with Gasteiger partial charge in [0.25, 0.3) is 0 Å². The van der Waals surface area contributed by atoms with E-state index in [2.05, 4.69) is 21.3 Å². The van der Waals surface area contributed by atoms with Crippen molar-refractivity contribution in [1.29, 1.82) is 0 Å². The van der Waals surface area contributed by atoms with Crippen molar-refractivity contribution in [1.82, 2.24) is 5.01 Å². The molecule has 0 bridgehead atoms. The van der Waals surface area contributed by atoms with E-state index in [-0.39, 0.29) is 6.61 Å². The molecule has 24 heavy (non-hydrogen) atoms. The lowest BCUT2D eigenvalue weighted by atomic mass is 10.1. The predicted octanol–water partition coefficient (Wildman–Crippen LogP) is 4.16. The maximum Gasteiger partial charge on any atom is 0.128 e. The van der Waals surface area contributed by atoms with Gasteiger partial charge < -0.3 is 9.84 Å². The Morgan fingerprint density at radius 1 is 1.08 bits per heavy atom. The Morgan fingerprint density at radius 2 is 1.75 bits per heavy atom. The van der Waals surface area contributed by atoms with Gasteiger partial charge in [-0.1, -0.05) is 39.8 Å². The molecule has 0 fully saturated rings. The molecule has 0 aromatic heterocycles. The van der Waals surface area contributed by atoms with E-state index in [1.165, 1.54) is 0 Å². The van der Waals surface area contributed by atoms with Crippen LogP contribution in [0.25, 0.3) is 5.70 Å². The second-order valence-corrected chi connectivity index (χ2v) is 6.88. The largest absolute Gasteiger partial charge is 0.497 e. The zero-order valence-electron chi connectivity index (χ0n) is 13.1. The molecule has 0 spiro atoms. The molecule has 2 aromatic carbocycles. The predicted molar refractivity (Wildman–Crippen MR) is 103 cm³/mol. The van der Waals surface area contributed by atoms with Crippen LogP contribution in [0.3, 0.4) is 0 Å². The summed E-state index contributed by atoms with van der Waals surface area (Å²) in [5.41, 5.74) is 3.06. The molecular weight excluding hydrogens is 388 g/mol. The van der Waals surface area contributed by atoms with Gasteiger partial charge in [-0.2, -0.15) is 5.10 Å². The van der Waals surface area contributed by atoms with Gasteiger partial charge in [0.2, 0.25) is 0 Å². The van der Waals surface area contributed by atoms with Crippen LogP contribution in [-0.2, 0) is 0 Å². The number of ether oxygens (including phenoxy) is 1. The Kier molecular flexibility index (Phi) is 5.60. The van der Waals surface area contributed by atoms with Crippen molar-refractivity contribution < 1.29 is 9.84 Å². The second-order valence-electron chi connectivity index (χ2n) is 5.11. The Balaban J connectivity index is 1.88. The van der Waals surface area contributed by atoms with Gasteiger partial charge in [0.05, 0.1) is 26.0 Å². The highest BCUT2D eigenvalue weighted by Crippen LogP contribution is 2.31. The van der Waals surface area contributed by atoms with Crippen LogP contribution in [0.2, 0.25) is 0 Å². The topological polar surface area (TPSA) is 45.1 Å². The number of β-amino-alcohol motifs (C(OH)–C–C–N with tert-alkyl or cyclic N) is 1. The molecule has 2 aromatic rings. The normalized spacial score (nSPS) is 14.2. The van der Waals surface area contributed by atoms with Gasteiger partial charge in [-0.05, 0) is 36.4 Å². The van der Waals surface area contributed by atoms with Gasteiger partial charge in [-0.3, -0.25) is 5.01 Å². The SMILES string of the molecule is COc1ccc(C2=CSC(c3ccc(Br)cc3)=NN2CCO)cc1. The molecular formula is C18H17BrN2O2S. The van der Waals surface area contributed by atoms with Crippen LogP contribution >= 0.6 is 27.7 Å². The Bertz CT molecular complexity index is 758. The van der Waals surface area contributed by atoms with Gasteiger partial charge in [0, 0.05) is 21.0 Å². The summed E-state index contributed by atoms with van der Waals surface area (Å²) in [6.07, 6.45) is 0. The van der Waals surface area contributed by atoms with E-state index in [9.17, 15) is 5.11 Å². The summed E-state index contributed by atoms with van der Waals surface area (Å²) in [4.78, 5) is 0. The summed E-state index contributed by atoms with van der Waals surface area (Å²) in [5.74, 6) is 0.815. The molecule has 0 radical (unpaired) electrons. The Hall–Kier alpha value is -1.76. The van der Waals surface area contributed by atoms with Gasteiger partial charge in [-0.15, -0.1) is 0 Å². The van der Waals surface area contributed by atoms with E-state index in [4.69, 9.17) is 9.84 Å². The van der Waals surface area contributed by atoms with Crippen LogP contribution < -0.4 is 4.74 Å². The summed E-state index contributed by atoms with van der Waals surface area (Å²) < 4.78 is 6.24. The first kappa shape index (κ1) is 17.1. The first-order valence-corrected chi connectivity index (χ1v) is 9.12. The van der Waals surface area contributed by atoms with E-state index in [0.29, 0.717) is 6.54 Å². The molecule has 0 saturated carbocycles. The van der Waals surface area contributed by atoms with Crippen molar-refractivity contribution in [3.05, 3.63) is 69.5 Å². The smallest absolute Gasteiger partial charge is 0.128 e. The van der Waals surface area contributed by atoms with Crippen molar-refractivity contribution >= 4 is 38.4 Å². The number of benzene rings is 2. The van der Waals surface area contributed by atoms with Gasteiger partial charge in [-0.25, -0.2) is 0 Å². The highest BCUT2D eigenvalue weighted by atomic mass is 79.9. The van der Waals surface area contributed by atoms with Crippen LogP contribution in [0.1, 0.15) is 11.1 Å². The minimum Gasteiger partial charge on any atom is -0.497 e. The third-order valence-corrected chi connectivity index (χ3v) is 4.97. The number of nitrogens with zero attached hydrogens (tertiary/aromatic N) is 2. The molecule has 0 atom stereocenters. The van der Waals surface area contributed by atoms with Gasteiger partial charge in [0.1, 0.15) is 10.8 Å². The number of hydrazone groups is 1. The number of aliphatic hydroxyl groups excluding tert-OH is 1. The molecule has 3 rings (SSSR count). The van der Waals surface area contributed by atoms with Crippen LogP contribution in [0, 0.1) is 0 Å². The quantitative estimate of drug-likeness (QED) is 0.812. The van der Waals surface area contributed by atoms with Crippen molar-refractivity contribution in [2.75, 3.05) is 20.3 Å². The lowest BCUT2D eigenvalue weighted by Gasteiger charge is -2.26. The first-order chi connectivity index (χ1) is 11.7. The third-order valence-electron chi connectivity index (χ3n) is 3.56. The number of aliphatic hydroxyl groups is 1. The molecule has 0 amide bonds.